The van der Waals surface area contributed by atoms with Gasteiger partial charge in [-0.15, -0.1) is 0 Å². The third-order valence-corrected chi connectivity index (χ3v) is 2.12. The summed E-state index contributed by atoms with van der Waals surface area (Å²) in [6.07, 6.45) is -1.57. The number of hydrogen-bond donors (Lipinski definition) is 1. The zero-order valence-electron chi connectivity index (χ0n) is 8.61. The van der Waals surface area contributed by atoms with Crippen LogP contribution in [-0.4, -0.2) is 17.2 Å². The fourth-order valence-corrected chi connectivity index (χ4v) is 1.36. The van der Waals surface area contributed by atoms with Gasteiger partial charge in [-0.25, -0.2) is 4.79 Å². The van der Waals surface area contributed by atoms with Crippen LogP contribution in [0.2, 0.25) is 5.02 Å². The van der Waals surface area contributed by atoms with Crippen LogP contribution in [0.3, 0.4) is 0 Å². The van der Waals surface area contributed by atoms with E-state index in [9.17, 15) is 9.90 Å². The first-order chi connectivity index (χ1) is 7.02. The Morgan fingerprint density at radius 1 is 1.40 bits per heavy atom. The van der Waals surface area contributed by atoms with Crippen LogP contribution in [0.5, 0.6) is 0 Å². The molecule has 0 spiro atoms. The second kappa shape index (κ2) is 5.14. The normalized spacial score (nSPS) is 12.6. The number of aliphatic hydroxyl groups is 1. The highest BCUT2D eigenvalue weighted by Gasteiger charge is 2.21. The van der Waals surface area contributed by atoms with Crippen LogP contribution in [0.1, 0.15) is 25.5 Å². The lowest BCUT2D eigenvalue weighted by Crippen LogP contribution is -2.19. The van der Waals surface area contributed by atoms with Gasteiger partial charge < -0.3 is 9.84 Å². The average molecular weight is 229 g/mol. The van der Waals surface area contributed by atoms with Crippen molar-refractivity contribution < 1.29 is 14.6 Å². The zero-order valence-corrected chi connectivity index (χ0v) is 9.36. The van der Waals surface area contributed by atoms with Crippen molar-refractivity contribution in [1.82, 2.24) is 0 Å². The molecule has 15 heavy (non-hydrogen) atoms. The monoisotopic (exact) mass is 228 g/mol. The third-order valence-electron chi connectivity index (χ3n) is 1.77. The minimum absolute atomic E-state index is 0.255. The van der Waals surface area contributed by atoms with Crippen molar-refractivity contribution in [3.8, 4) is 0 Å². The molecule has 82 valence electrons. The smallest absolute Gasteiger partial charge is 0.339 e. The lowest BCUT2D eigenvalue weighted by Gasteiger charge is -2.14. The first kappa shape index (κ1) is 12.0. The summed E-state index contributed by atoms with van der Waals surface area (Å²) in [6.45, 7) is 3.44. The first-order valence-corrected chi connectivity index (χ1v) is 5.03. The lowest BCUT2D eigenvalue weighted by molar-refractivity contribution is -0.157. The number of aliphatic hydroxyl groups excluding tert-OH is 1. The minimum Gasteiger partial charge on any atom is -0.461 e. The molecular weight excluding hydrogens is 216 g/mol. The molecule has 3 nitrogen and oxygen atoms in total. The molecule has 1 atom stereocenters. The summed E-state index contributed by atoms with van der Waals surface area (Å²) in [6, 6.07) is 6.64. The molecule has 0 aliphatic carbocycles. The van der Waals surface area contributed by atoms with Gasteiger partial charge in [0, 0.05) is 10.6 Å². The summed E-state index contributed by atoms with van der Waals surface area (Å²) in [4.78, 5) is 11.4. The van der Waals surface area contributed by atoms with Crippen LogP contribution in [0.15, 0.2) is 24.3 Å². The van der Waals surface area contributed by atoms with Crippen molar-refractivity contribution in [3.63, 3.8) is 0 Å². The number of halogens is 1. The minimum atomic E-state index is -1.32. The van der Waals surface area contributed by atoms with E-state index in [0.29, 0.717) is 10.6 Å². The molecule has 0 radical (unpaired) electrons. The number of carbonyl (C=O) groups excluding carboxylic acids is 1. The second-order valence-electron chi connectivity index (χ2n) is 3.41. The molecule has 0 heterocycles. The molecule has 0 bridgehead atoms. The van der Waals surface area contributed by atoms with Gasteiger partial charge in [0.25, 0.3) is 0 Å². The molecule has 1 aromatic rings. The Kier molecular flexibility index (Phi) is 4.12. The van der Waals surface area contributed by atoms with Gasteiger partial charge in [-0.2, -0.15) is 0 Å². The van der Waals surface area contributed by atoms with E-state index < -0.39 is 12.1 Å². The topological polar surface area (TPSA) is 46.5 Å². The number of benzene rings is 1. The van der Waals surface area contributed by atoms with Crippen molar-refractivity contribution in [2.45, 2.75) is 26.1 Å². The van der Waals surface area contributed by atoms with Crippen molar-refractivity contribution in [1.29, 1.82) is 0 Å². The SMILES string of the molecule is CC(C)OC(=O)[C@@H](O)c1ccccc1Cl. The van der Waals surface area contributed by atoms with E-state index in [4.69, 9.17) is 16.3 Å². The maximum absolute atomic E-state index is 11.4. The number of esters is 1. The van der Waals surface area contributed by atoms with Crippen molar-refractivity contribution in [3.05, 3.63) is 34.9 Å². The number of carbonyl (C=O) groups is 1. The fourth-order valence-electron chi connectivity index (χ4n) is 1.12. The summed E-state index contributed by atoms with van der Waals surface area (Å²) < 4.78 is 4.87. The molecule has 0 unspecified atom stereocenters. The van der Waals surface area contributed by atoms with E-state index in [1.165, 1.54) is 0 Å². The molecule has 1 N–H and O–H groups in total. The van der Waals surface area contributed by atoms with Gasteiger partial charge in [0.2, 0.25) is 0 Å². The highest BCUT2D eigenvalue weighted by Crippen LogP contribution is 2.23. The quantitative estimate of drug-likeness (QED) is 0.808. The molecule has 0 saturated carbocycles. The Labute approximate surface area is 93.6 Å². The number of rotatable bonds is 3. The lowest BCUT2D eigenvalue weighted by atomic mass is 10.1. The van der Waals surface area contributed by atoms with E-state index in [-0.39, 0.29) is 6.10 Å². The highest BCUT2D eigenvalue weighted by atomic mass is 35.5. The predicted octanol–water partition coefficient (Wildman–Crippen LogP) is 2.33. The summed E-state index contributed by atoms with van der Waals surface area (Å²) in [5.41, 5.74) is 0.366. The van der Waals surface area contributed by atoms with E-state index in [1.807, 2.05) is 0 Å². The van der Waals surface area contributed by atoms with Gasteiger partial charge in [0.15, 0.2) is 6.10 Å². The molecule has 0 amide bonds. The van der Waals surface area contributed by atoms with Gasteiger partial charge >= 0.3 is 5.97 Å². The molecule has 1 rings (SSSR count). The van der Waals surface area contributed by atoms with Crippen LogP contribution in [-0.2, 0) is 9.53 Å². The van der Waals surface area contributed by atoms with Crippen molar-refractivity contribution in [2.75, 3.05) is 0 Å². The summed E-state index contributed by atoms with van der Waals surface area (Å²) in [5.74, 6) is -0.682. The Bertz CT molecular complexity index is 349. The van der Waals surface area contributed by atoms with Crippen LogP contribution < -0.4 is 0 Å². The fraction of sp³-hybridized carbons (Fsp3) is 0.364. The predicted molar refractivity (Wildman–Crippen MR) is 57.6 cm³/mol. The number of hydrogen-bond acceptors (Lipinski definition) is 3. The van der Waals surface area contributed by atoms with Gasteiger partial charge in [-0.3, -0.25) is 0 Å². The maximum Gasteiger partial charge on any atom is 0.339 e. The molecule has 0 fully saturated rings. The van der Waals surface area contributed by atoms with Gasteiger partial charge in [-0.1, -0.05) is 29.8 Å². The molecule has 4 heteroatoms. The standard InChI is InChI=1S/C11H13ClO3/c1-7(2)15-11(14)10(13)8-5-3-4-6-9(8)12/h3-7,10,13H,1-2H3/t10-/m0/s1. The van der Waals surface area contributed by atoms with Gasteiger partial charge in [-0.05, 0) is 19.9 Å². The van der Waals surface area contributed by atoms with Crippen LogP contribution >= 0.6 is 11.6 Å². The molecule has 0 aromatic heterocycles. The largest absolute Gasteiger partial charge is 0.461 e. The Morgan fingerprint density at radius 3 is 2.53 bits per heavy atom. The van der Waals surface area contributed by atoms with Crippen molar-refractivity contribution in [2.24, 2.45) is 0 Å². The molecule has 0 aliphatic rings. The third kappa shape index (κ3) is 3.22. The average Bonchev–Trinajstić information content (AvgIpc) is 2.16. The Hall–Kier alpha value is -1.06. The summed E-state index contributed by atoms with van der Waals surface area (Å²) in [7, 11) is 0. The number of ether oxygens (including phenoxy) is 1. The van der Waals surface area contributed by atoms with Crippen LogP contribution in [0, 0.1) is 0 Å². The van der Waals surface area contributed by atoms with Gasteiger partial charge in [0.1, 0.15) is 0 Å². The maximum atomic E-state index is 11.4. The second-order valence-corrected chi connectivity index (χ2v) is 3.82. The first-order valence-electron chi connectivity index (χ1n) is 4.65. The van der Waals surface area contributed by atoms with Crippen molar-refractivity contribution >= 4 is 17.6 Å². The molecular formula is C11H13ClO3. The molecule has 0 aliphatic heterocycles. The molecule has 0 saturated heterocycles. The van der Waals surface area contributed by atoms with Gasteiger partial charge in [0.05, 0.1) is 6.10 Å². The zero-order chi connectivity index (χ0) is 11.4. The van der Waals surface area contributed by atoms with E-state index >= 15 is 0 Å². The van der Waals surface area contributed by atoms with E-state index in [2.05, 4.69) is 0 Å². The van der Waals surface area contributed by atoms with E-state index in [0.717, 1.165) is 0 Å². The Balaban J connectivity index is 2.81. The van der Waals surface area contributed by atoms with Crippen LogP contribution in [0.25, 0.3) is 0 Å². The Morgan fingerprint density at radius 2 is 2.00 bits per heavy atom. The summed E-state index contributed by atoms with van der Waals surface area (Å²) >= 11 is 5.83. The van der Waals surface area contributed by atoms with E-state index in [1.54, 1.807) is 38.1 Å². The molecule has 1 aromatic carbocycles. The van der Waals surface area contributed by atoms with Crippen LogP contribution in [0.4, 0.5) is 0 Å². The summed E-state index contributed by atoms with van der Waals surface area (Å²) in [5, 5.41) is 10.0. The highest BCUT2D eigenvalue weighted by molar-refractivity contribution is 6.31.